The van der Waals surface area contributed by atoms with Crippen molar-refractivity contribution in [3.63, 3.8) is 0 Å². The molecule has 0 unspecified atom stereocenters. The molecule has 0 aliphatic heterocycles. The van der Waals surface area contributed by atoms with Gasteiger partial charge in [-0.1, -0.05) is 28.1 Å². The Morgan fingerprint density at radius 1 is 0.462 bits per heavy atom. The number of nitrogens with one attached hydrogen (secondary N) is 2. The van der Waals surface area contributed by atoms with Crippen LogP contribution < -0.4 is 31.6 Å². The van der Waals surface area contributed by atoms with E-state index in [4.69, 9.17) is 36.2 Å². The minimum Gasteiger partial charge on any atom is -0.443 e. The number of aryl methyl sites for hydroxylation is 3. The Kier molecular flexibility index (Phi) is 39.0. The van der Waals surface area contributed by atoms with Gasteiger partial charge in [-0.25, -0.2) is 99.5 Å². The molecule has 50 heteroatoms. The number of rotatable bonds is 12. The van der Waals surface area contributed by atoms with Crippen molar-refractivity contribution in [1.82, 2.24) is 49.6 Å². The molecule has 5 heterocycles. The Balaban J connectivity index is 0.000000491. The largest absolute Gasteiger partial charge is 0.443 e. The van der Waals surface area contributed by atoms with Crippen LogP contribution in [0.25, 0.3) is 11.3 Å². The molecule has 0 saturated carbocycles. The zero-order valence-corrected chi connectivity index (χ0v) is 74.0. The lowest BCUT2D eigenvalue weighted by molar-refractivity contribution is -0.138. The first kappa shape index (κ1) is 106. The smallest absolute Gasteiger partial charge is 0.421 e. The van der Waals surface area contributed by atoms with Gasteiger partial charge in [0.25, 0.3) is 29.1 Å². The maximum Gasteiger partial charge on any atom is 0.421 e. The van der Waals surface area contributed by atoms with Crippen molar-refractivity contribution in [3.8, 4) is 11.3 Å². The fourth-order valence-corrected chi connectivity index (χ4v) is 14.4. The van der Waals surface area contributed by atoms with E-state index in [-0.39, 0.29) is 79.6 Å². The summed E-state index contributed by atoms with van der Waals surface area (Å²) < 4.78 is 283. The predicted molar refractivity (Wildman–Crippen MR) is 428 cm³/mol. The van der Waals surface area contributed by atoms with Crippen molar-refractivity contribution >= 4 is 142 Å². The van der Waals surface area contributed by atoms with Crippen LogP contribution in [0.3, 0.4) is 0 Å². The highest BCUT2D eigenvalue weighted by Gasteiger charge is 2.34. The summed E-state index contributed by atoms with van der Waals surface area (Å²) >= 11 is 11.8. The van der Waals surface area contributed by atoms with Crippen LogP contribution >= 0.6 is 74.4 Å². The highest BCUT2D eigenvalue weighted by Crippen LogP contribution is 2.35. The first-order chi connectivity index (χ1) is 53.3. The van der Waals surface area contributed by atoms with E-state index in [0.717, 1.165) is 115 Å². The molecule has 0 radical (unpaired) electrons. The molecular weight excluding hydrogens is 1990 g/mol. The molecule has 13 N–H and O–H groups in total. The summed E-state index contributed by atoms with van der Waals surface area (Å²) in [7, 11) is -11.0. The number of anilines is 1. The second-order valence-corrected chi connectivity index (χ2v) is 38.0. The second-order valence-electron chi connectivity index (χ2n) is 25.5. The van der Waals surface area contributed by atoms with Crippen LogP contribution in [0.15, 0.2) is 213 Å². The Morgan fingerprint density at radius 3 is 1.13 bits per heavy atom. The molecule has 10 aromatic rings. The Hall–Kier alpha value is -8.73. The van der Waals surface area contributed by atoms with Gasteiger partial charge in [-0.2, -0.15) is 39.5 Å². The fraction of sp³-hybridized carbons (Fsp3) is 0.232. The lowest BCUT2D eigenvalue weighted by atomic mass is 10.00. The standard InChI is InChI=1S/C18H18BrF3N2O4S.C17H15F3N4O2S.C11H13BrFNO4S.C6H3BrClFO2S.C6H5BrFNO2S.C6H5F3N2.C5H8N2.H3N.H2O/c1-17(2,3)28-16(25)24-29(26,27)14-5-4-11(15(19)10-14)8-13-9-12(6-7-23-13)18(20,21)22;1-24-9-16(23-10-24)15-8-14(27(21,25)26)3-2-11(15)6-13-7-12(4-5-22-13)17(18,19)20;1-11(2,3)18-10(15)14-19(16,17)7-4-5-9(13)8(12)6-7;7-5-3-4(12(8,10)11)1-2-6(5)9;7-5-3-4(12(9,10)11)1-2-6(5)8;7-6(8,9)4-1-2-11-5(10)3-4;1-5-3-7(2)4-6-5;;/h4-7,9-10H,8H2,1-3H3,(H,24,25);2-5,7-10H,6H2,1H3,(H2,21,25,26);4-6H,1-3H3,(H,14,15);1-3H;1-3H,(H2,9,10,11);1-3H,(H2,10,11);3-4H,1-2H3;1H3;1H2. The topological polar surface area (TPSA) is 466 Å². The molecule has 5 aromatic carbocycles. The van der Waals surface area contributed by atoms with Gasteiger partial charge >= 0.3 is 30.7 Å². The van der Waals surface area contributed by atoms with E-state index in [2.05, 4.69) is 88.6 Å². The molecule has 0 saturated heterocycles. The molecule has 0 aliphatic rings. The van der Waals surface area contributed by atoms with Gasteiger partial charge in [0.2, 0.25) is 20.0 Å². The number of imidazole rings is 2. The van der Waals surface area contributed by atoms with Gasteiger partial charge < -0.3 is 36.0 Å². The number of carbonyl (C=O) groups excluding carboxylic acids is 2. The van der Waals surface area contributed by atoms with Crippen LogP contribution in [-0.4, -0.2) is 105 Å². The van der Waals surface area contributed by atoms with Crippen LogP contribution in [-0.2, 0) is 104 Å². The molecule has 0 bridgehead atoms. The molecule has 0 aliphatic carbocycles. The quantitative estimate of drug-likeness (QED) is 0.0489. The summed E-state index contributed by atoms with van der Waals surface area (Å²) in [6, 6.07) is 23.0. The van der Waals surface area contributed by atoms with Crippen LogP contribution in [0.4, 0.5) is 68.1 Å². The summed E-state index contributed by atoms with van der Waals surface area (Å²) in [4.78, 5) is 41.8. The van der Waals surface area contributed by atoms with Gasteiger partial charge in [0.1, 0.15) is 34.5 Å². The molecule has 5 aromatic heterocycles. The first-order valence-electron chi connectivity index (χ1n) is 31.9. The van der Waals surface area contributed by atoms with Crippen molar-refractivity contribution in [2.45, 2.75) is 116 Å². The molecule has 0 fully saturated rings. The van der Waals surface area contributed by atoms with Crippen LogP contribution in [0.1, 0.15) is 86.4 Å². The summed E-state index contributed by atoms with van der Waals surface area (Å²) in [5.74, 6) is -1.78. The van der Waals surface area contributed by atoms with E-state index >= 15 is 0 Å². The van der Waals surface area contributed by atoms with Crippen molar-refractivity contribution < 1.29 is 119 Å². The molecule has 10 rings (SSSR count). The predicted octanol–water partition coefficient (Wildman–Crippen LogP) is 15.7. The Labute approximate surface area is 713 Å². The molecule has 2 amide bonds. The van der Waals surface area contributed by atoms with Crippen LogP contribution in [0.2, 0.25) is 0 Å². The highest BCUT2D eigenvalue weighted by atomic mass is 79.9. The van der Waals surface area contributed by atoms with Crippen molar-refractivity contribution in [2.24, 2.45) is 24.4 Å². The summed E-state index contributed by atoms with van der Waals surface area (Å²) in [6.07, 6.45) is -5.24. The lowest BCUT2D eigenvalue weighted by Crippen LogP contribution is -2.36. The van der Waals surface area contributed by atoms with E-state index < -0.39 is 125 Å². The average Bonchev–Trinajstić information content (AvgIpc) is 1.76. The number of alkyl halides is 9. The zero-order valence-electron chi connectivity index (χ0n) is 62.8. The van der Waals surface area contributed by atoms with Crippen LogP contribution in [0, 0.1) is 24.4 Å². The number of hydrogen-bond donors (Lipinski definition) is 6. The van der Waals surface area contributed by atoms with Gasteiger partial charge in [0, 0.05) is 90.0 Å². The average molecular weight is 2070 g/mol. The molecule has 28 nitrogen and oxygen atoms in total. The number of nitrogens with zero attached hydrogens (tertiary/aromatic N) is 7. The number of pyridine rings is 3. The highest BCUT2D eigenvalue weighted by molar-refractivity contribution is 9.11. The molecule has 652 valence electrons. The molecular formula is C69H72Br4ClF12N13O15S5. The third-order valence-corrected chi connectivity index (χ3v) is 21.9. The number of nitrogen functional groups attached to an aromatic ring is 1. The molecule has 0 spiro atoms. The number of halogens is 17. The number of aromatic nitrogens is 7. The third-order valence-electron chi connectivity index (χ3n) is 13.5. The summed E-state index contributed by atoms with van der Waals surface area (Å²) in [5, 5.41) is 9.99. The van der Waals surface area contributed by atoms with E-state index in [1.807, 2.05) is 24.7 Å². The van der Waals surface area contributed by atoms with Crippen LogP contribution in [0.5, 0.6) is 0 Å². The monoisotopic (exact) mass is 2060 g/mol. The number of carbonyl (C=O) groups is 2. The van der Waals surface area contributed by atoms with E-state index in [1.165, 1.54) is 42.7 Å². The van der Waals surface area contributed by atoms with Crippen molar-refractivity contribution in [2.75, 3.05) is 5.73 Å². The number of amides is 2. The maximum absolute atomic E-state index is 13.0. The lowest BCUT2D eigenvalue weighted by Gasteiger charge is -2.19. The zero-order chi connectivity index (χ0) is 89.2. The maximum atomic E-state index is 13.0. The minimum atomic E-state index is -4.49. The summed E-state index contributed by atoms with van der Waals surface area (Å²) in [5.41, 5.74) is 4.44. The van der Waals surface area contributed by atoms with Crippen molar-refractivity contribution in [3.05, 3.63) is 251 Å². The van der Waals surface area contributed by atoms with Gasteiger partial charge in [-0.05, 0) is 223 Å². The van der Waals surface area contributed by atoms with E-state index in [9.17, 15) is 104 Å². The normalized spacial score (nSPS) is 11.7. The SMILES string of the molecule is CC(C)(C)OC(=O)NS(=O)(=O)c1ccc(Cc2cc(C(F)(F)F)ccn2)c(Br)c1.CC(C)(C)OC(=O)NS(=O)(=O)c1ccc(F)c(Br)c1.Cc1cn(C)cn1.Cn1cnc(-c2cc(S(N)(=O)=O)ccc2Cc2cc(C(F)(F)F)ccn2)c1.N.NS(=O)(=O)c1ccc(F)c(Br)c1.Nc1cc(C(F)(F)F)ccn1.O.O=S(=O)(Cl)c1ccc(F)c(Br)c1. The van der Waals surface area contributed by atoms with Gasteiger partial charge in [0.15, 0.2) is 0 Å². The van der Waals surface area contributed by atoms with E-state index in [1.54, 1.807) is 75.1 Å². The minimum absolute atomic E-state index is 0. The van der Waals surface area contributed by atoms with Gasteiger partial charge in [-0.3, -0.25) is 9.97 Å². The van der Waals surface area contributed by atoms with Gasteiger partial charge in [-0.15, -0.1) is 0 Å². The second kappa shape index (κ2) is 43.7. The first-order valence-corrected chi connectivity index (χ1v) is 43.4. The third kappa shape index (κ3) is 37.0. The number of nitrogens with two attached hydrogens (primary N) is 3. The number of benzene rings is 5. The number of ether oxygens (including phenoxy) is 2. The Morgan fingerprint density at radius 2 is 0.798 bits per heavy atom. The van der Waals surface area contributed by atoms with Gasteiger partial charge in [0.05, 0.1) is 78.6 Å². The molecule has 0 atom stereocenters. The number of sulfonamides is 4. The number of primary sulfonamides is 2. The molecule has 119 heavy (non-hydrogen) atoms. The fourth-order valence-electron chi connectivity index (χ4n) is 8.44. The summed E-state index contributed by atoms with van der Waals surface area (Å²) in [6.45, 7) is 11.6. The Bertz CT molecular complexity index is 5700. The van der Waals surface area contributed by atoms with Crippen molar-refractivity contribution in [1.29, 1.82) is 0 Å². The number of hydrogen-bond acceptors (Lipinski definition) is 21. The van der Waals surface area contributed by atoms with E-state index in [0.29, 0.717) is 26.9 Å².